The van der Waals surface area contributed by atoms with Gasteiger partial charge in [-0.1, -0.05) is 26.0 Å². The Kier molecular flexibility index (Phi) is 4.70. The summed E-state index contributed by atoms with van der Waals surface area (Å²) in [7, 11) is 0. The third-order valence-electron chi connectivity index (χ3n) is 3.90. The second-order valence-corrected chi connectivity index (χ2v) is 5.62. The van der Waals surface area contributed by atoms with E-state index in [9.17, 15) is 9.18 Å². The number of aliphatic imine (C=N–C) groups is 1. The average Bonchev–Trinajstić information content (AvgIpc) is 2.42. The van der Waals surface area contributed by atoms with Crippen LogP contribution in [-0.2, 0) is 9.53 Å². The summed E-state index contributed by atoms with van der Waals surface area (Å²) >= 11 is 0. The van der Waals surface area contributed by atoms with Crippen LogP contribution in [0.3, 0.4) is 0 Å². The van der Waals surface area contributed by atoms with Crippen LogP contribution < -0.4 is 0 Å². The largest absolute Gasteiger partial charge is 0.464 e. The van der Waals surface area contributed by atoms with E-state index in [0.717, 1.165) is 0 Å². The summed E-state index contributed by atoms with van der Waals surface area (Å²) < 4.78 is 19.2. The lowest BCUT2D eigenvalue weighted by atomic mass is 9.85. The Morgan fingerprint density at radius 1 is 1.52 bits per heavy atom. The average molecular weight is 292 g/mol. The lowest BCUT2D eigenvalue weighted by molar-refractivity contribution is -0.145. The third-order valence-corrected chi connectivity index (χ3v) is 3.90. The van der Waals surface area contributed by atoms with Crippen LogP contribution >= 0.6 is 0 Å². The second kappa shape index (κ2) is 6.33. The molecule has 21 heavy (non-hydrogen) atoms. The molecular formula is C16H21FN2O2. The number of carbonyl (C=O) groups excluding carboxylic acids is 1. The van der Waals surface area contributed by atoms with Crippen molar-refractivity contribution in [3.63, 3.8) is 0 Å². The Balaban J connectivity index is 2.33. The highest BCUT2D eigenvalue weighted by atomic mass is 19.1. The zero-order chi connectivity index (χ0) is 15.6. The fourth-order valence-electron chi connectivity index (χ4n) is 2.57. The van der Waals surface area contributed by atoms with Gasteiger partial charge in [-0.25, -0.2) is 9.18 Å². The van der Waals surface area contributed by atoms with Gasteiger partial charge < -0.3 is 10.1 Å². The van der Waals surface area contributed by atoms with Gasteiger partial charge in [0.25, 0.3) is 0 Å². The van der Waals surface area contributed by atoms with Gasteiger partial charge in [-0.3, -0.25) is 4.99 Å². The van der Waals surface area contributed by atoms with Crippen LogP contribution in [0.15, 0.2) is 28.5 Å². The highest BCUT2D eigenvalue weighted by Gasteiger charge is 2.34. The van der Waals surface area contributed by atoms with E-state index in [0.29, 0.717) is 29.8 Å². The van der Waals surface area contributed by atoms with Gasteiger partial charge >= 0.3 is 5.97 Å². The Morgan fingerprint density at radius 3 is 2.86 bits per heavy atom. The summed E-state index contributed by atoms with van der Waals surface area (Å²) in [6.45, 7) is 5.73. The minimum Gasteiger partial charge on any atom is -0.464 e. The first-order chi connectivity index (χ1) is 9.93. The van der Waals surface area contributed by atoms with Crippen LogP contribution in [0.1, 0.15) is 33.6 Å². The molecule has 0 amide bonds. The molecule has 3 atom stereocenters. The molecule has 0 saturated heterocycles. The van der Waals surface area contributed by atoms with Crippen LogP contribution in [0.2, 0.25) is 0 Å². The first kappa shape index (κ1) is 15.6. The Hall–Kier alpha value is -1.78. The lowest BCUT2D eigenvalue weighted by Gasteiger charge is -2.27. The molecule has 3 unspecified atom stereocenters. The number of allylic oxidation sites excluding steroid dienone is 4. The molecule has 2 aliphatic rings. The van der Waals surface area contributed by atoms with Crippen molar-refractivity contribution < 1.29 is 13.9 Å². The van der Waals surface area contributed by atoms with Gasteiger partial charge in [0.2, 0.25) is 0 Å². The van der Waals surface area contributed by atoms with Crippen LogP contribution in [0.5, 0.6) is 0 Å². The molecule has 4 nitrogen and oxygen atoms in total. The van der Waals surface area contributed by atoms with Gasteiger partial charge in [-0.2, -0.15) is 0 Å². The predicted octanol–water partition coefficient (Wildman–Crippen LogP) is 3.24. The topological polar surface area (TPSA) is 62.5 Å². The van der Waals surface area contributed by atoms with E-state index in [1.54, 1.807) is 19.9 Å². The number of hydrogen-bond acceptors (Lipinski definition) is 4. The number of nitrogens with one attached hydrogen (secondary N) is 1. The van der Waals surface area contributed by atoms with Gasteiger partial charge in [0.1, 0.15) is 5.83 Å². The van der Waals surface area contributed by atoms with Crippen LogP contribution in [0.25, 0.3) is 0 Å². The van der Waals surface area contributed by atoms with Crippen molar-refractivity contribution >= 4 is 17.4 Å². The number of hydrogen-bond donors (Lipinski definition) is 1. The maximum atomic E-state index is 14.1. The summed E-state index contributed by atoms with van der Waals surface area (Å²) in [6.07, 6.45) is 4.28. The monoisotopic (exact) mass is 292 g/mol. The van der Waals surface area contributed by atoms with Gasteiger partial charge in [-0.05, 0) is 12.8 Å². The molecular weight excluding hydrogens is 271 g/mol. The smallest absolute Gasteiger partial charge is 0.331 e. The molecule has 0 spiro atoms. The Labute approximate surface area is 124 Å². The lowest BCUT2D eigenvalue weighted by Crippen LogP contribution is -2.38. The molecule has 0 bridgehead atoms. The number of carbonyl (C=O) groups is 1. The molecule has 0 aromatic heterocycles. The maximum absolute atomic E-state index is 14.1. The number of halogens is 1. The summed E-state index contributed by atoms with van der Waals surface area (Å²) in [5.74, 6) is -0.796. The first-order valence-corrected chi connectivity index (χ1v) is 7.31. The van der Waals surface area contributed by atoms with Gasteiger partial charge in [0.15, 0.2) is 6.04 Å². The molecule has 5 heteroatoms. The molecule has 1 heterocycles. The molecule has 0 aromatic carbocycles. The van der Waals surface area contributed by atoms with E-state index in [1.165, 1.54) is 0 Å². The standard InChI is InChI=1S/C16H21FN2O2/c1-4-21-16(20)15-10(3)13(18)8-14(19-15)11-6-5-9(2)7-12(11)17/h5-6,9-10,15,18H,4,7-8H2,1-3H3. The Morgan fingerprint density at radius 2 is 2.24 bits per heavy atom. The van der Waals surface area contributed by atoms with E-state index in [-0.39, 0.29) is 24.3 Å². The number of nitrogens with zero attached hydrogens (tertiary/aromatic N) is 1. The van der Waals surface area contributed by atoms with Crippen molar-refractivity contribution in [2.45, 2.75) is 39.7 Å². The van der Waals surface area contributed by atoms with Crippen LogP contribution in [0, 0.1) is 17.2 Å². The molecule has 114 valence electrons. The van der Waals surface area contributed by atoms with E-state index < -0.39 is 12.0 Å². The number of esters is 1. The Bertz CT molecular complexity index is 548. The molecule has 0 aromatic rings. The summed E-state index contributed by atoms with van der Waals surface area (Å²) in [4.78, 5) is 16.3. The van der Waals surface area contributed by atoms with Gasteiger partial charge in [0.05, 0.1) is 12.3 Å². The van der Waals surface area contributed by atoms with Crippen molar-refractivity contribution in [2.24, 2.45) is 16.8 Å². The third kappa shape index (κ3) is 3.28. The minimum absolute atomic E-state index is 0.164. The van der Waals surface area contributed by atoms with Crippen LogP contribution in [0.4, 0.5) is 4.39 Å². The molecule has 0 fully saturated rings. The zero-order valence-electron chi connectivity index (χ0n) is 12.6. The van der Waals surface area contributed by atoms with E-state index >= 15 is 0 Å². The summed E-state index contributed by atoms with van der Waals surface area (Å²) in [5, 5.41) is 8.05. The van der Waals surface area contributed by atoms with E-state index in [1.807, 2.05) is 13.0 Å². The van der Waals surface area contributed by atoms with Gasteiger partial charge in [-0.15, -0.1) is 0 Å². The van der Waals surface area contributed by atoms with Crippen molar-refractivity contribution in [1.82, 2.24) is 0 Å². The fraction of sp³-hybridized carbons (Fsp3) is 0.562. The number of rotatable bonds is 3. The van der Waals surface area contributed by atoms with Crippen molar-refractivity contribution in [3.05, 3.63) is 23.6 Å². The zero-order valence-corrected chi connectivity index (χ0v) is 12.6. The second-order valence-electron chi connectivity index (χ2n) is 5.62. The van der Waals surface area contributed by atoms with E-state index in [2.05, 4.69) is 4.99 Å². The van der Waals surface area contributed by atoms with Crippen molar-refractivity contribution in [1.29, 1.82) is 5.41 Å². The highest BCUT2D eigenvalue weighted by molar-refractivity contribution is 6.16. The molecule has 0 radical (unpaired) electrons. The van der Waals surface area contributed by atoms with Crippen molar-refractivity contribution in [3.8, 4) is 0 Å². The maximum Gasteiger partial charge on any atom is 0.331 e. The highest BCUT2D eigenvalue weighted by Crippen LogP contribution is 2.29. The molecule has 1 aliphatic carbocycles. The first-order valence-electron chi connectivity index (χ1n) is 7.31. The molecule has 1 aliphatic heterocycles. The summed E-state index contributed by atoms with van der Waals surface area (Å²) in [6, 6.07) is -0.741. The fourth-order valence-corrected chi connectivity index (χ4v) is 2.57. The van der Waals surface area contributed by atoms with Gasteiger partial charge in [0, 0.05) is 30.0 Å². The number of ether oxygens (including phenoxy) is 1. The minimum atomic E-state index is -0.741. The van der Waals surface area contributed by atoms with Crippen LogP contribution in [-0.4, -0.2) is 30.0 Å². The van der Waals surface area contributed by atoms with E-state index in [4.69, 9.17) is 10.1 Å². The SMILES string of the molecule is CCOC(=O)C1N=C(C2=C(F)CC(C)C=C2)CC(=N)C1C. The molecule has 0 saturated carbocycles. The quantitative estimate of drug-likeness (QED) is 0.812. The normalized spacial score (nSPS) is 29.4. The molecule has 2 rings (SSSR count). The summed E-state index contributed by atoms with van der Waals surface area (Å²) in [5.41, 5.74) is 1.31. The molecule has 1 N–H and O–H groups in total. The van der Waals surface area contributed by atoms with Crippen molar-refractivity contribution in [2.75, 3.05) is 6.61 Å². The predicted molar refractivity (Wildman–Crippen MR) is 80.4 cm³/mol.